The zero-order valence-corrected chi connectivity index (χ0v) is 12.4. The van der Waals surface area contributed by atoms with Gasteiger partial charge in [-0.25, -0.2) is 4.98 Å². The Balaban J connectivity index is 1.90. The molecule has 2 N–H and O–H groups in total. The van der Waals surface area contributed by atoms with Crippen molar-refractivity contribution in [3.8, 4) is 11.3 Å². The number of alkyl halides is 3. The van der Waals surface area contributed by atoms with Crippen LogP contribution >= 0.6 is 11.6 Å². The molecule has 0 bridgehead atoms. The Morgan fingerprint density at radius 2 is 1.91 bits per heavy atom. The van der Waals surface area contributed by atoms with Gasteiger partial charge in [0.25, 0.3) is 0 Å². The van der Waals surface area contributed by atoms with Gasteiger partial charge in [-0.1, -0.05) is 17.7 Å². The Labute approximate surface area is 130 Å². The molecule has 0 amide bonds. The molecule has 22 heavy (non-hydrogen) atoms. The Kier molecular flexibility index (Phi) is 4.14. The van der Waals surface area contributed by atoms with Crippen LogP contribution in [0.2, 0.25) is 5.02 Å². The molecule has 1 fully saturated rings. The fourth-order valence-corrected chi connectivity index (χ4v) is 2.92. The third-order valence-electron chi connectivity index (χ3n) is 3.90. The second-order valence-corrected chi connectivity index (χ2v) is 5.81. The van der Waals surface area contributed by atoms with Crippen LogP contribution in [-0.4, -0.2) is 23.1 Å². The molecule has 0 saturated carbocycles. The SMILES string of the molecule is FC(F)(F)c1cc(-c2cnc(C3CCNCC3)[nH]2)ccc1Cl. The number of nitrogens with one attached hydrogen (secondary N) is 2. The molecule has 0 unspecified atom stereocenters. The second kappa shape index (κ2) is 5.93. The van der Waals surface area contributed by atoms with Gasteiger partial charge in [0.2, 0.25) is 0 Å². The predicted molar refractivity (Wildman–Crippen MR) is 78.9 cm³/mol. The number of hydrogen-bond acceptors (Lipinski definition) is 2. The van der Waals surface area contributed by atoms with Crippen molar-refractivity contribution < 1.29 is 13.2 Å². The lowest BCUT2D eigenvalue weighted by molar-refractivity contribution is -0.137. The number of benzene rings is 1. The number of aromatic amines is 1. The number of nitrogens with zero attached hydrogens (tertiary/aromatic N) is 1. The van der Waals surface area contributed by atoms with Crippen molar-refractivity contribution in [3.05, 3.63) is 40.8 Å². The largest absolute Gasteiger partial charge is 0.417 e. The summed E-state index contributed by atoms with van der Waals surface area (Å²) < 4.78 is 38.8. The molecule has 1 aromatic carbocycles. The van der Waals surface area contributed by atoms with E-state index in [1.165, 1.54) is 6.07 Å². The molecule has 0 spiro atoms. The first kappa shape index (κ1) is 15.4. The third-order valence-corrected chi connectivity index (χ3v) is 4.23. The van der Waals surface area contributed by atoms with Crippen molar-refractivity contribution in [2.75, 3.05) is 13.1 Å². The molecule has 118 valence electrons. The second-order valence-electron chi connectivity index (χ2n) is 5.40. The van der Waals surface area contributed by atoms with Crippen LogP contribution in [0.5, 0.6) is 0 Å². The summed E-state index contributed by atoms with van der Waals surface area (Å²) in [4.78, 5) is 7.48. The van der Waals surface area contributed by atoms with Gasteiger partial charge in [-0.2, -0.15) is 13.2 Å². The first-order chi connectivity index (χ1) is 10.4. The monoisotopic (exact) mass is 329 g/mol. The topological polar surface area (TPSA) is 40.7 Å². The van der Waals surface area contributed by atoms with E-state index in [2.05, 4.69) is 15.3 Å². The van der Waals surface area contributed by atoms with E-state index in [-0.39, 0.29) is 5.02 Å². The summed E-state index contributed by atoms with van der Waals surface area (Å²) in [5.41, 5.74) is 0.185. The minimum Gasteiger partial charge on any atom is -0.342 e. The summed E-state index contributed by atoms with van der Waals surface area (Å²) in [6, 6.07) is 3.89. The third kappa shape index (κ3) is 3.13. The zero-order valence-electron chi connectivity index (χ0n) is 11.7. The summed E-state index contributed by atoms with van der Waals surface area (Å²) >= 11 is 5.64. The molecule has 1 aromatic heterocycles. The lowest BCUT2D eigenvalue weighted by Crippen LogP contribution is -2.27. The number of H-pyrrole nitrogens is 1. The lowest BCUT2D eigenvalue weighted by atomic mass is 9.98. The van der Waals surface area contributed by atoms with Crippen molar-refractivity contribution in [3.63, 3.8) is 0 Å². The standard InChI is InChI=1S/C15H15ClF3N3/c16-12-2-1-10(7-11(12)15(17,18)19)13-8-21-14(22-13)9-3-5-20-6-4-9/h1-2,7-9,20H,3-6H2,(H,21,22). The van der Waals surface area contributed by atoms with E-state index < -0.39 is 11.7 Å². The first-order valence-corrected chi connectivity index (χ1v) is 7.45. The maximum atomic E-state index is 12.9. The highest BCUT2D eigenvalue weighted by Crippen LogP contribution is 2.37. The highest BCUT2D eigenvalue weighted by Gasteiger charge is 2.33. The van der Waals surface area contributed by atoms with Crippen molar-refractivity contribution in [2.24, 2.45) is 0 Å². The van der Waals surface area contributed by atoms with Crippen LogP contribution in [0.25, 0.3) is 11.3 Å². The highest BCUT2D eigenvalue weighted by molar-refractivity contribution is 6.31. The molecule has 0 atom stereocenters. The van der Waals surface area contributed by atoms with Gasteiger partial charge in [-0.05, 0) is 38.1 Å². The fourth-order valence-electron chi connectivity index (χ4n) is 2.70. The lowest BCUT2D eigenvalue weighted by Gasteiger charge is -2.20. The van der Waals surface area contributed by atoms with Gasteiger partial charge in [0.15, 0.2) is 0 Å². The van der Waals surface area contributed by atoms with Crippen LogP contribution in [0.3, 0.4) is 0 Å². The molecule has 1 aliphatic heterocycles. The number of rotatable bonds is 2. The highest BCUT2D eigenvalue weighted by atomic mass is 35.5. The van der Waals surface area contributed by atoms with Gasteiger partial charge in [0.05, 0.1) is 22.5 Å². The molecule has 3 nitrogen and oxygen atoms in total. The molecule has 3 rings (SSSR count). The molecular weight excluding hydrogens is 315 g/mol. The Bertz CT molecular complexity index is 660. The molecule has 2 heterocycles. The van der Waals surface area contributed by atoms with E-state index in [0.29, 0.717) is 17.2 Å². The van der Waals surface area contributed by atoms with Crippen LogP contribution in [0, 0.1) is 0 Å². The van der Waals surface area contributed by atoms with Crippen LogP contribution in [0.4, 0.5) is 13.2 Å². The maximum absolute atomic E-state index is 12.9. The van der Waals surface area contributed by atoms with Gasteiger partial charge in [0.1, 0.15) is 5.82 Å². The number of aromatic nitrogens is 2. The number of piperidine rings is 1. The van der Waals surface area contributed by atoms with Crippen molar-refractivity contribution in [1.29, 1.82) is 0 Å². The zero-order chi connectivity index (χ0) is 15.7. The summed E-state index contributed by atoms with van der Waals surface area (Å²) in [5, 5.41) is 2.98. The quantitative estimate of drug-likeness (QED) is 0.866. The van der Waals surface area contributed by atoms with Gasteiger partial charge in [0, 0.05) is 11.5 Å². The normalized spacial score (nSPS) is 16.9. The summed E-state index contributed by atoms with van der Waals surface area (Å²) in [6.45, 7) is 1.86. The number of halogens is 4. The Morgan fingerprint density at radius 1 is 1.18 bits per heavy atom. The minimum atomic E-state index is -4.47. The van der Waals surface area contributed by atoms with Crippen molar-refractivity contribution in [2.45, 2.75) is 24.9 Å². The van der Waals surface area contributed by atoms with E-state index >= 15 is 0 Å². The molecule has 2 aromatic rings. The van der Waals surface area contributed by atoms with Crippen LogP contribution in [-0.2, 0) is 6.18 Å². The summed E-state index contributed by atoms with van der Waals surface area (Å²) in [6.07, 6.45) is -0.936. The minimum absolute atomic E-state index is 0.297. The fraction of sp³-hybridized carbons (Fsp3) is 0.400. The Morgan fingerprint density at radius 3 is 2.59 bits per heavy atom. The molecule has 0 radical (unpaired) electrons. The number of imidazole rings is 1. The summed E-state index contributed by atoms with van der Waals surface area (Å²) in [7, 11) is 0. The Hall–Kier alpha value is -1.53. The van der Waals surface area contributed by atoms with Crippen LogP contribution in [0.1, 0.15) is 30.1 Å². The predicted octanol–water partition coefficient (Wildman–Crippen LogP) is 4.22. The molecule has 0 aliphatic carbocycles. The van der Waals surface area contributed by atoms with Crippen molar-refractivity contribution in [1.82, 2.24) is 15.3 Å². The average molecular weight is 330 g/mol. The number of hydrogen-bond donors (Lipinski definition) is 2. The molecule has 1 saturated heterocycles. The van der Waals surface area contributed by atoms with Gasteiger partial charge < -0.3 is 10.3 Å². The first-order valence-electron chi connectivity index (χ1n) is 7.08. The van der Waals surface area contributed by atoms with Crippen molar-refractivity contribution >= 4 is 11.6 Å². The molecular formula is C15H15ClF3N3. The smallest absolute Gasteiger partial charge is 0.342 e. The van der Waals surface area contributed by atoms with E-state index in [4.69, 9.17) is 11.6 Å². The van der Waals surface area contributed by atoms with Gasteiger partial charge in [-0.15, -0.1) is 0 Å². The summed E-state index contributed by atoms with van der Waals surface area (Å²) in [5.74, 6) is 1.16. The van der Waals surface area contributed by atoms with Crippen LogP contribution in [0.15, 0.2) is 24.4 Å². The van der Waals surface area contributed by atoms with Gasteiger partial charge >= 0.3 is 6.18 Å². The molecule has 7 heteroatoms. The average Bonchev–Trinajstić information content (AvgIpc) is 2.97. The molecule has 1 aliphatic rings. The van der Waals surface area contributed by atoms with E-state index in [1.807, 2.05) is 0 Å². The van der Waals surface area contributed by atoms with E-state index in [9.17, 15) is 13.2 Å². The van der Waals surface area contributed by atoms with Crippen LogP contribution < -0.4 is 5.32 Å². The van der Waals surface area contributed by atoms with Gasteiger partial charge in [-0.3, -0.25) is 0 Å². The maximum Gasteiger partial charge on any atom is 0.417 e. The van der Waals surface area contributed by atoms with E-state index in [0.717, 1.165) is 37.8 Å². The van der Waals surface area contributed by atoms with E-state index in [1.54, 1.807) is 12.3 Å².